The van der Waals surface area contributed by atoms with Crippen LogP contribution in [0.25, 0.3) is 11.1 Å². The van der Waals surface area contributed by atoms with Crippen LogP contribution >= 0.6 is 0 Å². The Kier molecular flexibility index (Phi) is 6.79. The minimum absolute atomic E-state index is 0.237. The molecular weight excluding hydrogens is 422 g/mol. The maximum Gasteiger partial charge on any atom is 0.226 e. The maximum atomic E-state index is 13.2. The van der Waals surface area contributed by atoms with Gasteiger partial charge >= 0.3 is 0 Å². The van der Waals surface area contributed by atoms with E-state index in [-0.39, 0.29) is 12.0 Å². The van der Waals surface area contributed by atoms with Gasteiger partial charge in [-0.1, -0.05) is 24.3 Å². The number of amides is 1. The van der Waals surface area contributed by atoms with Crippen LogP contribution in [-0.2, 0) is 11.3 Å². The minimum atomic E-state index is 0.237. The first-order valence-corrected chi connectivity index (χ1v) is 13.0. The van der Waals surface area contributed by atoms with Crippen LogP contribution < -0.4 is 16.4 Å². The van der Waals surface area contributed by atoms with Crippen molar-refractivity contribution in [1.82, 2.24) is 9.80 Å². The molecule has 0 unspecified atom stereocenters. The Balaban J connectivity index is 1.33. The molecule has 2 saturated carbocycles. The number of nitrogens with two attached hydrogens (primary N) is 2. The lowest BCUT2D eigenvalue weighted by Gasteiger charge is -2.36. The zero-order valence-corrected chi connectivity index (χ0v) is 20.5. The van der Waals surface area contributed by atoms with Crippen molar-refractivity contribution in [3.63, 3.8) is 0 Å². The van der Waals surface area contributed by atoms with Gasteiger partial charge in [0.15, 0.2) is 0 Å². The molecule has 2 aliphatic carbocycles. The molecule has 0 atom stereocenters. The molecule has 6 heteroatoms. The molecule has 1 aliphatic heterocycles. The first-order chi connectivity index (χ1) is 16.5. The molecule has 0 spiro atoms. The number of piperazine rings is 1. The van der Waals surface area contributed by atoms with Gasteiger partial charge in [-0.15, -0.1) is 0 Å². The monoisotopic (exact) mass is 461 g/mol. The summed E-state index contributed by atoms with van der Waals surface area (Å²) in [5, 5.41) is 0. The average molecular weight is 462 g/mol. The zero-order valence-electron chi connectivity index (χ0n) is 20.5. The molecule has 2 aromatic rings. The SMILES string of the molecule is CN1CCN(c2ccc(-c3cccc(CN(C(=O)C4CC4)C4CCC(N)CC4)c3)cc2N)CC1. The van der Waals surface area contributed by atoms with Gasteiger partial charge in [0.1, 0.15) is 0 Å². The van der Waals surface area contributed by atoms with Gasteiger partial charge in [-0.3, -0.25) is 4.79 Å². The van der Waals surface area contributed by atoms with Gasteiger partial charge in [-0.2, -0.15) is 0 Å². The lowest BCUT2D eigenvalue weighted by atomic mass is 9.90. The van der Waals surface area contributed by atoms with E-state index >= 15 is 0 Å². The van der Waals surface area contributed by atoms with Crippen molar-refractivity contribution in [2.45, 2.75) is 57.2 Å². The summed E-state index contributed by atoms with van der Waals surface area (Å²) in [5.41, 5.74) is 18.1. The molecule has 1 heterocycles. The second-order valence-corrected chi connectivity index (χ2v) is 10.6. The molecule has 0 bridgehead atoms. The van der Waals surface area contributed by atoms with Crippen LogP contribution in [-0.4, -0.2) is 61.0 Å². The number of carbonyl (C=O) groups excluding carboxylic acids is 1. The largest absolute Gasteiger partial charge is 0.397 e. The second kappa shape index (κ2) is 9.96. The highest BCUT2D eigenvalue weighted by atomic mass is 16.2. The summed E-state index contributed by atoms with van der Waals surface area (Å²) in [5.74, 6) is 0.576. The van der Waals surface area contributed by atoms with Crippen molar-refractivity contribution >= 4 is 17.3 Å². The minimum Gasteiger partial charge on any atom is -0.397 e. The molecule has 182 valence electrons. The summed E-state index contributed by atoms with van der Waals surface area (Å²) >= 11 is 0. The molecule has 3 fully saturated rings. The topological polar surface area (TPSA) is 78.8 Å². The van der Waals surface area contributed by atoms with Gasteiger partial charge < -0.3 is 26.2 Å². The lowest BCUT2D eigenvalue weighted by Crippen LogP contribution is -2.44. The van der Waals surface area contributed by atoms with Gasteiger partial charge in [0.2, 0.25) is 5.91 Å². The Labute approximate surface area is 203 Å². The van der Waals surface area contributed by atoms with Crippen LogP contribution in [0.4, 0.5) is 11.4 Å². The number of anilines is 2. The molecule has 0 radical (unpaired) electrons. The summed E-state index contributed by atoms with van der Waals surface area (Å²) in [6.07, 6.45) is 6.14. The number of hydrogen-bond acceptors (Lipinski definition) is 5. The van der Waals surface area contributed by atoms with Crippen molar-refractivity contribution in [1.29, 1.82) is 0 Å². The quantitative estimate of drug-likeness (QED) is 0.642. The van der Waals surface area contributed by atoms with Crippen LogP contribution in [0.1, 0.15) is 44.1 Å². The maximum absolute atomic E-state index is 13.2. The molecule has 1 saturated heterocycles. The van der Waals surface area contributed by atoms with Gasteiger partial charge in [0.05, 0.1) is 11.4 Å². The normalized spacial score (nSPS) is 23.6. The van der Waals surface area contributed by atoms with Crippen LogP contribution in [0.3, 0.4) is 0 Å². The highest BCUT2D eigenvalue weighted by Gasteiger charge is 2.37. The fraction of sp³-hybridized carbons (Fsp3) is 0.536. The van der Waals surface area contributed by atoms with E-state index in [0.717, 1.165) is 87.2 Å². The number of benzene rings is 2. The van der Waals surface area contributed by atoms with E-state index in [1.54, 1.807) is 0 Å². The van der Waals surface area contributed by atoms with E-state index in [9.17, 15) is 4.79 Å². The number of likely N-dealkylation sites (N-methyl/N-ethyl adjacent to an activating group) is 1. The predicted molar refractivity (Wildman–Crippen MR) is 140 cm³/mol. The van der Waals surface area contributed by atoms with Crippen LogP contribution in [0, 0.1) is 5.92 Å². The fourth-order valence-corrected chi connectivity index (χ4v) is 5.48. The van der Waals surface area contributed by atoms with Crippen molar-refractivity contribution in [3.8, 4) is 11.1 Å². The van der Waals surface area contributed by atoms with Gasteiger partial charge in [0, 0.05) is 50.7 Å². The van der Waals surface area contributed by atoms with Crippen molar-refractivity contribution < 1.29 is 4.79 Å². The third kappa shape index (κ3) is 5.23. The molecule has 5 rings (SSSR count). The van der Waals surface area contributed by atoms with Gasteiger partial charge in [0.25, 0.3) is 0 Å². The van der Waals surface area contributed by atoms with E-state index in [1.165, 1.54) is 5.56 Å². The van der Waals surface area contributed by atoms with Crippen molar-refractivity contribution in [2.24, 2.45) is 11.7 Å². The molecule has 6 nitrogen and oxygen atoms in total. The molecule has 34 heavy (non-hydrogen) atoms. The first kappa shape index (κ1) is 23.2. The number of nitrogens with zero attached hydrogens (tertiary/aromatic N) is 3. The van der Waals surface area contributed by atoms with Crippen molar-refractivity contribution in [2.75, 3.05) is 43.9 Å². The number of carbonyl (C=O) groups is 1. The Bertz CT molecular complexity index is 1000. The number of rotatable bonds is 6. The second-order valence-electron chi connectivity index (χ2n) is 10.6. The Morgan fingerprint density at radius 2 is 1.65 bits per heavy atom. The fourth-order valence-electron chi connectivity index (χ4n) is 5.48. The molecule has 2 aromatic carbocycles. The van der Waals surface area contributed by atoms with Crippen LogP contribution in [0.15, 0.2) is 42.5 Å². The van der Waals surface area contributed by atoms with E-state index in [4.69, 9.17) is 11.5 Å². The summed E-state index contributed by atoms with van der Waals surface area (Å²) in [6.45, 7) is 4.81. The standard InChI is InChI=1S/C28H39N5O/c1-31-13-15-32(16-14-31)27-12-7-23(18-26(27)30)22-4-2-3-20(17-22)19-33(28(34)21-5-6-21)25-10-8-24(29)9-11-25/h2-4,7,12,17-18,21,24-25H,5-6,8-11,13-16,19,29-30H2,1H3. The van der Waals surface area contributed by atoms with E-state index in [2.05, 4.69) is 64.2 Å². The highest BCUT2D eigenvalue weighted by Crippen LogP contribution is 2.35. The van der Waals surface area contributed by atoms with Crippen molar-refractivity contribution in [3.05, 3.63) is 48.0 Å². The molecular formula is C28H39N5O. The van der Waals surface area contributed by atoms with E-state index in [0.29, 0.717) is 18.5 Å². The van der Waals surface area contributed by atoms with Crippen LogP contribution in [0.5, 0.6) is 0 Å². The van der Waals surface area contributed by atoms with E-state index < -0.39 is 0 Å². The Morgan fingerprint density at radius 3 is 2.32 bits per heavy atom. The molecule has 3 aliphatic rings. The summed E-state index contributed by atoms with van der Waals surface area (Å²) in [7, 11) is 2.17. The summed E-state index contributed by atoms with van der Waals surface area (Å²) < 4.78 is 0. The third-order valence-electron chi connectivity index (χ3n) is 7.88. The summed E-state index contributed by atoms with van der Waals surface area (Å²) in [4.78, 5) is 20.1. The number of nitrogen functional groups attached to an aromatic ring is 1. The third-order valence-corrected chi connectivity index (χ3v) is 7.88. The van der Waals surface area contributed by atoms with E-state index in [1.807, 2.05) is 0 Å². The van der Waals surface area contributed by atoms with Crippen LogP contribution in [0.2, 0.25) is 0 Å². The zero-order chi connectivity index (χ0) is 23.7. The molecule has 1 amide bonds. The summed E-state index contributed by atoms with van der Waals surface area (Å²) in [6, 6.07) is 15.7. The first-order valence-electron chi connectivity index (χ1n) is 13.0. The molecule has 0 aromatic heterocycles. The van der Waals surface area contributed by atoms with Gasteiger partial charge in [-0.05, 0) is 80.5 Å². The Morgan fingerprint density at radius 1 is 0.941 bits per heavy atom. The Hall–Kier alpha value is -2.57. The number of hydrogen-bond donors (Lipinski definition) is 2. The average Bonchev–Trinajstić information content (AvgIpc) is 3.69. The smallest absolute Gasteiger partial charge is 0.226 e. The molecule has 4 N–H and O–H groups in total. The highest BCUT2D eigenvalue weighted by molar-refractivity contribution is 5.81. The lowest BCUT2D eigenvalue weighted by molar-refractivity contribution is -0.136. The predicted octanol–water partition coefficient (Wildman–Crippen LogP) is 3.70. The van der Waals surface area contributed by atoms with Gasteiger partial charge in [-0.25, -0.2) is 0 Å².